The van der Waals surface area contributed by atoms with Crippen LogP contribution in [0.5, 0.6) is 0 Å². The summed E-state index contributed by atoms with van der Waals surface area (Å²) in [6, 6.07) is 10.3. The van der Waals surface area contributed by atoms with E-state index in [4.69, 9.17) is 4.74 Å². The number of halogens is 1. The standard InChI is InChI=1S/C20H30NO2.HI/c1-20(17-11-7-8-12-17,16-9-5-4-6-10-16)19(22)23-18-13-14-21(2,3)15-18;/h4-6,9-10,17-18H,7-8,11-15H2,1-3H3;1H/q+1;/p-1/t18-,20+;/m1./s1. The summed E-state index contributed by atoms with van der Waals surface area (Å²) in [5.41, 5.74) is 0.612. The van der Waals surface area contributed by atoms with Crippen molar-refractivity contribution in [1.82, 2.24) is 0 Å². The third kappa shape index (κ3) is 3.96. The molecule has 0 radical (unpaired) electrons. The number of hydrogen-bond donors (Lipinski definition) is 0. The first kappa shape index (κ1) is 19.7. The molecule has 134 valence electrons. The Labute approximate surface area is 163 Å². The van der Waals surface area contributed by atoms with E-state index in [2.05, 4.69) is 33.2 Å². The smallest absolute Gasteiger partial charge is 0.317 e. The average molecular weight is 443 g/mol. The Bertz CT molecular complexity index is 554. The summed E-state index contributed by atoms with van der Waals surface area (Å²) < 4.78 is 6.97. The number of rotatable bonds is 4. The number of nitrogens with zero attached hydrogens (tertiary/aromatic N) is 1. The van der Waals surface area contributed by atoms with Gasteiger partial charge in [-0.2, -0.15) is 0 Å². The fourth-order valence-electron chi connectivity index (χ4n) is 4.41. The third-order valence-electron chi connectivity index (χ3n) is 6.00. The second-order valence-electron chi connectivity index (χ2n) is 8.21. The summed E-state index contributed by atoms with van der Waals surface area (Å²) in [4.78, 5) is 13.2. The molecule has 1 heterocycles. The van der Waals surface area contributed by atoms with Gasteiger partial charge in [0.2, 0.25) is 0 Å². The van der Waals surface area contributed by atoms with E-state index in [9.17, 15) is 4.79 Å². The Morgan fingerprint density at radius 3 is 2.29 bits per heavy atom. The molecular formula is C20H30INO2. The monoisotopic (exact) mass is 443 g/mol. The minimum atomic E-state index is -0.502. The normalized spacial score (nSPS) is 25.7. The number of esters is 1. The summed E-state index contributed by atoms with van der Waals surface area (Å²) >= 11 is 0. The predicted molar refractivity (Wildman–Crippen MR) is 92.1 cm³/mol. The van der Waals surface area contributed by atoms with Crippen molar-refractivity contribution in [3.05, 3.63) is 35.9 Å². The van der Waals surface area contributed by atoms with Gasteiger partial charge in [0, 0.05) is 6.42 Å². The van der Waals surface area contributed by atoms with Crippen molar-refractivity contribution in [2.75, 3.05) is 27.2 Å². The second kappa shape index (κ2) is 7.73. The Morgan fingerprint density at radius 2 is 1.75 bits per heavy atom. The SMILES string of the molecule is C[C@](C(=O)O[C@@H]1CC[N+](C)(C)C1)(c1ccccc1)C1CCCC1.[I-]. The fraction of sp³-hybridized carbons (Fsp3) is 0.650. The first-order valence-corrected chi connectivity index (χ1v) is 9.00. The number of likely N-dealkylation sites (tertiary alicyclic amines) is 1. The summed E-state index contributed by atoms with van der Waals surface area (Å²) in [6.07, 6.45) is 5.77. The van der Waals surface area contributed by atoms with Gasteiger partial charge in [-0.15, -0.1) is 0 Å². The Hall–Kier alpha value is -0.620. The van der Waals surface area contributed by atoms with E-state index < -0.39 is 5.41 Å². The van der Waals surface area contributed by atoms with Crippen LogP contribution in [0.25, 0.3) is 0 Å². The summed E-state index contributed by atoms with van der Waals surface area (Å²) in [7, 11) is 4.42. The van der Waals surface area contributed by atoms with Crippen LogP contribution < -0.4 is 24.0 Å². The molecule has 2 fully saturated rings. The largest absolute Gasteiger partial charge is 1.00 e. The molecule has 1 aliphatic heterocycles. The van der Waals surface area contributed by atoms with Crippen molar-refractivity contribution >= 4 is 5.97 Å². The molecule has 0 aromatic heterocycles. The first-order chi connectivity index (χ1) is 10.9. The number of hydrogen-bond acceptors (Lipinski definition) is 2. The number of quaternary nitrogens is 1. The highest BCUT2D eigenvalue weighted by Crippen LogP contribution is 2.43. The van der Waals surface area contributed by atoms with Crippen molar-refractivity contribution in [1.29, 1.82) is 0 Å². The van der Waals surface area contributed by atoms with Crippen molar-refractivity contribution in [2.24, 2.45) is 5.92 Å². The molecule has 3 nitrogen and oxygen atoms in total. The number of carbonyl (C=O) groups is 1. The Morgan fingerprint density at radius 1 is 1.12 bits per heavy atom. The second-order valence-corrected chi connectivity index (χ2v) is 8.21. The van der Waals surface area contributed by atoms with Crippen LogP contribution in [0.3, 0.4) is 0 Å². The van der Waals surface area contributed by atoms with Crippen LogP contribution in [0.1, 0.15) is 44.6 Å². The molecule has 0 unspecified atom stereocenters. The molecule has 0 amide bonds. The molecule has 1 aromatic rings. The van der Waals surface area contributed by atoms with Crippen LogP contribution in [0, 0.1) is 5.92 Å². The van der Waals surface area contributed by atoms with Crippen molar-refractivity contribution < 1.29 is 38.0 Å². The zero-order valence-electron chi connectivity index (χ0n) is 15.1. The zero-order chi connectivity index (χ0) is 16.5. The van der Waals surface area contributed by atoms with Crippen LogP contribution in [-0.4, -0.2) is 43.7 Å². The van der Waals surface area contributed by atoms with Gasteiger partial charge in [0.15, 0.2) is 6.10 Å². The lowest BCUT2D eigenvalue weighted by molar-refractivity contribution is -0.879. The molecule has 0 spiro atoms. The van der Waals surface area contributed by atoms with E-state index in [0.29, 0.717) is 5.92 Å². The molecule has 2 atom stereocenters. The molecule has 4 heteroatoms. The van der Waals surface area contributed by atoms with Gasteiger partial charge in [0.05, 0.1) is 26.1 Å². The van der Waals surface area contributed by atoms with Gasteiger partial charge in [-0.3, -0.25) is 4.79 Å². The number of benzene rings is 1. The molecular weight excluding hydrogens is 413 g/mol. The molecule has 0 N–H and O–H groups in total. The predicted octanol–water partition coefficient (Wildman–Crippen LogP) is 0.530. The van der Waals surface area contributed by atoms with Gasteiger partial charge in [-0.1, -0.05) is 43.2 Å². The molecule has 1 saturated heterocycles. The van der Waals surface area contributed by atoms with Crippen LogP contribution >= 0.6 is 0 Å². The highest BCUT2D eigenvalue weighted by atomic mass is 127. The van der Waals surface area contributed by atoms with Gasteiger partial charge >= 0.3 is 5.97 Å². The van der Waals surface area contributed by atoms with Gasteiger partial charge in [0.25, 0.3) is 0 Å². The van der Waals surface area contributed by atoms with Gasteiger partial charge in [-0.05, 0) is 31.2 Å². The van der Waals surface area contributed by atoms with Crippen LogP contribution in [0.4, 0.5) is 0 Å². The van der Waals surface area contributed by atoms with E-state index in [0.717, 1.165) is 42.4 Å². The maximum Gasteiger partial charge on any atom is 0.317 e. The fourth-order valence-corrected chi connectivity index (χ4v) is 4.41. The molecule has 1 saturated carbocycles. The minimum absolute atomic E-state index is 0. The van der Waals surface area contributed by atoms with Crippen molar-refractivity contribution in [3.63, 3.8) is 0 Å². The van der Waals surface area contributed by atoms with Crippen LogP contribution in [-0.2, 0) is 14.9 Å². The topological polar surface area (TPSA) is 26.3 Å². The maximum atomic E-state index is 13.2. The van der Waals surface area contributed by atoms with Gasteiger partial charge in [-0.25, -0.2) is 0 Å². The number of carbonyl (C=O) groups excluding carboxylic acids is 1. The lowest BCUT2D eigenvalue weighted by Gasteiger charge is -2.34. The lowest BCUT2D eigenvalue weighted by atomic mass is 9.71. The lowest BCUT2D eigenvalue weighted by Crippen LogP contribution is -3.00. The van der Waals surface area contributed by atoms with Gasteiger partial charge in [0.1, 0.15) is 6.54 Å². The van der Waals surface area contributed by atoms with Crippen molar-refractivity contribution in [3.8, 4) is 0 Å². The number of ether oxygens (including phenoxy) is 1. The molecule has 24 heavy (non-hydrogen) atoms. The average Bonchev–Trinajstić information content (AvgIpc) is 3.17. The molecule has 1 aromatic carbocycles. The highest BCUT2D eigenvalue weighted by Gasteiger charge is 2.47. The Balaban J connectivity index is 0.00000208. The summed E-state index contributed by atoms with van der Waals surface area (Å²) in [5, 5.41) is 0. The summed E-state index contributed by atoms with van der Waals surface area (Å²) in [5.74, 6) is 0.392. The number of likely N-dealkylation sites (N-methyl/N-ethyl adjacent to an activating group) is 1. The molecule has 1 aliphatic carbocycles. The Kier molecular flexibility index (Phi) is 6.35. The van der Waals surface area contributed by atoms with E-state index >= 15 is 0 Å². The van der Waals surface area contributed by atoms with E-state index in [1.165, 1.54) is 12.8 Å². The first-order valence-electron chi connectivity index (χ1n) is 9.00. The van der Waals surface area contributed by atoms with Crippen molar-refractivity contribution in [2.45, 2.75) is 50.5 Å². The molecule has 3 rings (SSSR count). The van der Waals surface area contributed by atoms with Crippen LogP contribution in [0.15, 0.2) is 30.3 Å². The molecule has 2 aliphatic rings. The van der Waals surface area contributed by atoms with Gasteiger partial charge < -0.3 is 33.2 Å². The zero-order valence-corrected chi connectivity index (χ0v) is 17.3. The van der Waals surface area contributed by atoms with E-state index in [1.54, 1.807) is 0 Å². The highest BCUT2D eigenvalue weighted by molar-refractivity contribution is 5.83. The minimum Gasteiger partial charge on any atom is -1.00 e. The van der Waals surface area contributed by atoms with E-state index in [-0.39, 0.29) is 36.0 Å². The maximum absolute atomic E-state index is 13.2. The molecule has 0 bridgehead atoms. The third-order valence-corrected chi connectivity index (χ3v) is 6.00. The quantitative estimate of drug-likeness (QED) is 0.386. The van der Waals surface area contributed by atoms with Crippen LogP contribution in [0.2, 0.25) is 0 Å². The van der Waals surface area contributed by atoms with E-state index in [1.807, 2.05) is 18.2 Å². The summed E-state index contributed by atoms with van der Waals surface area (Å²) in [6.45, 7) is 4.13.